The number of rotatable bonds is 3. The van der Waals surface area contributed by atoms with E-state index in [2.05, 4.69) is 0 Å². The van der Waals surface area contributed by atoms with Crippen LogP contribution in [-0.2, 0) is 4.79 Å². The number of benzene rings is 1. The molecule has 1 saturated heterocycles. The topological polar surface area (TPSA) is 89.5 Å². The first kappa shape index (κ1) is 13.3. The second kappa shape index (κ2) is 4.88. The third kappa shape index (κ3) is 2.39. The van der Waals surface area contributed by atoms with Crippen molar-refractivity contribution in [1.29, 1.82) is 0 Å². The van der Waals surface area contributed by atoms with Gasteiger partial charge in [-0.15, -0.1) is 0 Å². The van der Waals surface area contributed by atoms with E-state index in [1.54, 1.807) is 0 Å². The number of nitro groups is 1. The number of anilines is 1. The summed E-state index contributed by atoms with van der Waals surface area (Å²) in [5.41, 5.74) is 4.18. The third-order valence-electron chi connectivity index (χ3n) is 3.01. The maximum Gasteiger partial charge on any atom is 0.298 e. The molecule has 102 valence electrons. The predicted molar refractivity (Wildman–Crippen MR) is 62.5 cm³/mol. The molecule has 1 fully saturated rings. The van der Waals surface area contributed by atoms with Crippen molar-refractivity contribution in [3.63, 3.8) is 0 Å². The molecule has 1 aromatic rings. The van der Waals surface area contributed by atoms with E-state index in [4.69, 9.17) is 5.73 Å². The van der Waals surface area contributed by atoms with E-state index >= 15 is 0 Å². The number of carbonyl (C=O) groups excluding carboxylic acids is 1. The maximum atomic E-state index is 13.8. The lowest BCUT2D eigenvalue weighted by atomic mass is 10.1. The van der Waals surface area contributed by atoms with Crippen molar-refractivity contribution < 1.29 is 18.5 Å². The second-order valence-corrected chi connectivity index (χ2v) is 4.32. The van der Waals surface area contributed by atoms with Gasteiger partial charge in [0.2, 0.25) is 5.91 Å². The molecule has 0 bridgehead atoms. The molecular formula is C11H11F2N3O3. The van der Waals surface area contributed by atoms with Crippen LogP contribution >= 0.6 is 0 Å². The Hall–Kier alpha value is -2.09. The quantitative estimate of drug-likeness (QED) is 0.660. The summed E-state index contributed by atoms with van der Waals surface area (Å²) in [4.78, 5) is 22.6. The van der Waals surface area contributed by atoms with E-state index in [0.29, 0.717) is 12.1 Å². The summed E-state index contributed by atoms with van der Waals surface area (Å²) in [6, 6.07) is 1.12. The fraction of sp³-hybridized carbons (Fsp3) is 0.364. The second-order valence-electron chi connectivity index (χ2n) is 4.32. The molecule has 0 saturated carbocycles. The number of nitrogens with two attached hydrogens (primary N) is 1. The Kier molecular flexibility index (Phi) is 3.43. The summed E-state index contributed by atoms with van der Waals surface area (Å²) in [5, 5.41) is 10.9. The number of halogens is 2. The van der Waals surface area contributed by atoms with Gasteiger partial charge in [0.05, 0.1) is 11.0 Å². The summed E-state index contributed by atoms with van der Waals surface area (Å²) in [6.07, 6.45) is 0.102. The van der Waals surface area contributed by atoms with Crippen LogP contribution in [0.4, 0.5) is 20.2 Å². The van der Waals surface area contributed by atoms with Crippen molar-refractivity contribution in [3.05, 3.63) is 33.9 Å². The Morgan fingerprint density at radius 3 is 2.68 bits per heavy atom. The Morgan fingerprint density at radius 2 is 2.16 bits per heavy atom. The average Bonchev–Trinajstić information content (AvgIpc) is 2.69. The van der Waals surface area contributed by atoms with Gasteiger partial charge in [-0.3, -0.25) is 14.9 Å². The third-order valence-corrected chi connectivity index (χ3v) is 3.01. The fourth-order valence-electron chi connectivity index (χ4n) is 2.11. The standard InChI is InChI=1S/C11H11F2N3O3/c12-7-2-8(13)11(9(3-7)16(18)19)15-5-6(4-14)1-10(15)17/h2-3,6H,1,4-5,14H2. The van der Waals surface area contributed by atoms with E-state index in [-0.39, 0.29) is 25.4 Å². The molecule has 1 heterocycles. The Labute approximate surface area is 106 Å². The molecule has 1 unspecified atom stereocenters. The molecule has 1 amide bonds. The Bertz CT molecular complexity index is 550. The maximum absolute atomic E-state index is 13.8. The highest BCUT2D eigenvalue weighted by atomic mass is 19.1. The van der Waals surface area contributed by atoms with Gasteiger partial charge in [-0.25, -0.2) is 8.78 Å². The van der Waals surface area contributed by atoms with Crippen LogP contribution in [0.1, 0.15) is 6.42 Å². The fourth-order valence-corrected chi connectivity index (χ4v) is 2.11. The summed E-state index contributed by atoms with van der Waals surface area (Å²) < 4.78 is 26.8. The molecule has 8 heteroatoms. The van der Waals surface area contributed by atoms with Crippen molar-refractivity contribution >= 4 is 17.3 Å². The first-order valence-electron chi connectivity index (χ1n) is 5.58. The molecule has 19 heavy (non-hydrogen) atoms. The van der Waals surface area contributed by atoms with Gasteiger partial charge in [0.15, 0.2) is 11.5 Å². The molecular weight excluding hydrogens is 260 g/mol. The monoisotopic (exact) mass is 271 g/mol. The van der Waals surface area contributed by atoms with Crippen LogP contribution in [0.3, 0.4) is 0 Å². The molecule has 1 atom stereocenters. The van der Waals surface area contributed by atoms with Crippen LogP contribution in [0.2, 0.25) is 0 Å². The number of carbonyl (C=O) groups is 1. The van der Waals surface area contributed by atoms with Crippen molar-refractivity contribution in [2.75, 3.05) is 18.0 Å². The lowest BCUT2D eigenvalue weighted by Gasteiger charge is -2.17. The zero-order valence-corrected chi connectivity index (χ0v) is 9.81. The van der Waals surface area contributed by atoms with Crippen molar-refractivity contribution in [2.45, 2.75) is 6.42 Å². The van der Waals surface area contributed by atoms with Crippen LogP contribution < -0.4 is 10.6 Å². The van der Waals surface area contributed by atoms with Crippen molar-refractivity contribution in [1.82, 2.24) is 0 Å². The molecule has 0 aromatic heterocycles. The average molecular weight is 271 g/mol. The molecule has 6 nitrogen and oxygen atoms in total. The number of hydrogen-bond acceptors (Lipinski definition) is 4. The molecule has 0 radical (unpaired) electrons. The summed E-state index contributed by atoms with van der Waals surface area (Å²) in [6.45, 7) is 0.317. The van der Waals surface area contributed by atoms with Gasteiger partial charge in [0.1, 0.15) is 5.82 Å². The number of nitrogens with zero attached hydrogens (tertiary/aromatic N) is 2. The minimum absolute atomic E-state index is 0.0960. The summed E-state index contributed by atoms with van der Waals surface area (Å²) in [5.74, 6) is -2.83. The van der Waals surface area contributed by atoms with Crippen LogP contribution in [0, 0.1) is 27.7 Å². The highest BCUT2D eigenvalue weighted by Crippen LogP contribution is 2.35. The van der Waals surface area contributed by atoms with Gasteiger partial charge in [-0.1, -0.05) is 0 Å². The van der Waals surface area contributed by atoms with Crippen molar-refractivity contribution in [2.24, 2.45) is 11.7 Å². The zero-order valence-electron chi connectivity index (χ0n) is 9.81. The Balaban J connectivity index is 2.50. The van der Waals surface area contributed by atoms with Gasteiger partial charge < -0.3 is 10.6 Å². The molecule has 0 spiro atoms. The smallest absolute Gasteiger partial charge is 0.298 e. The van der Waals surface area contributed by atoms with Gasteiger partial charge in [0, 0.05) is 19.0 Å². The van der Waals surface area contributed by atoms with Gasteiger partial charge >= 0.3 is 0 Å². The SMILES string of the molecule is NCC1CC(=O)N(c2c(F)cc(F)cc2[N+](=O)[O-])C1. The van der Waals surface area contributed by atoms with Crippen LogP contribution in [-0.4, -0.2) is 23.9 Å². The minimum Gasteiger partial charge on any atom is -0.330 e. The molecule has 2 rings (SSSR count). The number of nitro benzene ring substituents is 1. The lowest BCUT2D eigenvalue weighted by Crippen LogP contribution is -2.27. The largest absolute Gasteiger partial charge is 0.330 e. The molecule has 1 aromatic carbocycles. The first-order valence-corrected chi connectivity index (χ1v) is 5.58. The molecule has 0 aliphatic carbocycles. The van der Waals surface area contributed by atoms with Crippen LogP contribution in [0.5, 0.6) is 0 Å². The lowest BCUT2D eigenvalue weighted by molar-refractivity contribution is -0.384. The minimum atomic E-state index is -1.13. The Morgan fingerprint density at radius 1 is 1.47 bits per heavy atom. The highest BCUT2D eigenvalue weighted by molar-refractivity contribution is 5.98. The summed E-state index contributed by atoms with van der Waals surface area (Å²) in [7, 11) is 0. The van der Waals surface area contributed by atoms with Gasteiger partial charge in [-0.2, -0.15) is 0 Å². The number of amides is 1. The summed E-state index contributed by atoms with van der Waals surface area (Å²) >= 11 is 0. The van der Waals surface area contributed by atoms with Crippen molar-refractivity contribution in [3.8, 4) is 0 Å². The molecule has 1 aliphatic rings. The normalized spacial score (nSPS) is 19.0. The van der Waals surface area contributed by atoms with E-state index in [0.717, 1.165) is 4.90 Å². The first-order chi connectivity index (χ1) is 8.93. The van der Waals surface area contributed by atoms with Gasteiger partial charge in [-0.05, 0) is 12.5 Å². The molecule has 2 N–H and O–H groups in total. The van der Waals surface area contributed by atoms with Crippen LogP contribution in [0.15, 0.2) is 12.1 Å². The molecule has 1 aliphatic heterocycles. The highest BCUT2D eigenvalue weighted by Gasteiger charge is 2.36. The zero-order chi connectivity index (χ0) is 14.2. The van der Waals surface area contributed by atoms with E-state index in [1.165, 1.54) is 0 Å². The van der Waals surface area contributed by atoms with E-state index in [1.807, 2.05) is 0 Å². The van der Waals surface area contributed by atoms with E-state index < -0.39 is 33.8 Å². The van der Waals surface area contributed by atoms with E-state index in [9.17, 15) is 23.7 Å². The predicted octanol–water partition coefficient (Wildman–Crippen LogP) is 1.18. The number of hydrogen-bond donors (Lipinski definition) is 1. The van der Waals surface area contributed by atoms with Crippen LogP contribution in [0.25, 0.3) is 0 Å². The van der Waals surface area contributed by atoms with Gasteiger partial charge in [0.25, 0.3) is 5.69 Å².